The number of carbonyl (C=O) groups excluding carboxylic acids is 2. The van der Waals surface area contributed by atoms with Gasteiger partial charge >= 0.3 is 12.1 Å². The van der Waals surface area contributed by atoms with Crippen molar-refractivity contribution in [2.75, 3.05) is 7.11 Å². The summed E-state index contributed by atoms with van der Waals surface area (Å²) in [4.78, 5) is 24.6. The summed E-state index contributed by atoms with van der Waals surface area (Å²) >= 11 is 0. The van der Waals surface area contributed by atoms with Crippen LogP contribution in [0.25, 0.3) is 0 Å². The molecule has 0 radical (unpaired) electrons. The maximum absolute atomic E-state index is 11.6. The molecule has 1 atom stereocenters. The Morgan fingerprint density at radius 1 is 1.50 bits per heavy atom. The molecular weight excluding hydrogens is 193 g/mol. The van der Waals surface area contributed by atoms with Crippen molar-refractivity contribution in [3.63, 3.8) is 0 Å². The highest BCUT2D eigenvalue weighted by Crippen LogP contribution is 2.03. The van der Waals surface area contributed by atoms with Crippen molar-refractivity contribution in [1.82, 2.24) is 5.32 Å². The highest BCUT2D eigenvalue weighted by atomic mass is 19.3. The van der Waals surface area contributed by atoms with Gasteiger partial charge in [0.1, 0.15) is 6.04 Å². The van der Waals surface area contributed by atoms with Crippen LogP contribution in [0.2, 0.25) is 0 Å². The Bertz CT molecular complexity index is 198. The number of nitrogens with one attached hydrogen (secondary N) is 1. The number of hydrogen-bond acceptors (Lipinski definition) is 4. The van der Waals surface area contributed by atoms with Crippen molar-refractivity contribution in [3.05, 3.63) is 0 Å². The molecule has 0 heterocycles. The van der Waals surface area contributed by atoms with Gasteiger partial charge in [-0.1, -0.05) is 19.8 Å². The van der Waals surface area contributed by atoms with Gasteiger partial charge in [-0.3, -0.25) is 4.94 Å². The van der Waals surface area contributed by atoms with Gasteiger partial charge in [-0.05, 0) is 6.42 Å². The fourth-order valence-corrected chi connectivity index (χ4v) is 0.912. The minimum absolute atomic E-state index is 0.328. The molecule has 0 aliphatic heterocycles. The van der Waals surface area contributed by atoms with E-state index in [9.17, 15) is 14.1 Å². The number of alkyl carbamates (subject to hydrolysis) is 1. The highest BCUT2D eigenvalue weighted by molar-refractivity contribution is 5.80. The number of unbranched alkanes of at least 4 members (excludes halogenated alkanes) is 1. The summed E-state index contributed by atoms with van der Waals surface area (Å²) in [5.41, 5.74) is 0. The molecule has 1 N–H and O–H groups in total. The van der Waals surface area contributed by atoms with Gasteiger partial charge < -0.3 is 10.1 Å². The van der Waals surface area contributed by atoms with E-state index in [4.69, 9.17) is 0 Å². The summed E-state index contributed by atoms with van der Waals surface area (Å²) in [7, 11) is 1.16. The van der Waals surface area contributed by atoms with Gasteiger partial charge in [-0.25, -0.2) is 9.59 Å². The summed E-state index contributed by atoms with van der Waals surface area (Å²) < 4.78 is 15.9. The number of methoxy groups -OCH3 is 1. The summed E-state index contributed by atoms with van der Waals surface area (Å²) in [5.74, 6) is -1.11. The Labute approximate surface area is 81.5 Å². The molecule has 6 heteroatoms. The van der Waals surface area contributed by atoms with Crippen LogP contribution in [-0.4, -0.2) is 25.2 Å². The summed E-state index contributed by atoms with van der Waals surface area (Å²) in [6, 6.07) is -0.979. The third kappa shape index (κ3) is 4.64. The van der Waals surface area contributed by atoms with Gasteiger partial charge in [0, 0.05) is 4.53 Å². The van der Waals surface area contributed by atoms with Gasteiger partial charge in [0.05, 0.1) is 7.11 Å². The van der Waals surface area contributed by atoms with E-state index in [0.29, 0.717) is 12.8 Å². The second kappa shape index (κ2) is 7.11. The molecule has 0 saturated carbocycles. The number of rotatable bonds is 5. The van der Waals surface area contributed by atoms with Crippen LogP contribution in [0, 0.1) is 0 Å². The lowest BCUT2D eigenvalue weighted by Crippen LogP contribution is -2.41. The predicted octanol–water partition coefficient (Wildman–Crippen LogP) is 1.33. The minimum atomic E-state index is -1.11. The van der Waals surface area contributed by atoms with Crippen LogP contribution in [0.15, 0.2) is 0 Å². The number of ether oxygens (including phenoxy) is 1. The van der Waals surface area contributed by atoms with E-state index in [0.717, 1.165) is 13.5 Å². The molecule has 0 saturated heterocycles. The average Bonchev–Trinajstić information content (AvgIpc) is 2.22. The maximum atomic E-state index is 11.6. The van der Waals surface area contributed by atoms with Crippen molar-refractivity contribution in [3.8, 4) is 0 Å². The molecule has 82 valence electrons. The molecule has 0 bridgehead atoms. The van der Waals surface area contributed by atoms with E-state index >= 15 is 0 Å². The van der Waals surface area contributed by atoms with Crippen LogP contribution >= 0.6 is 0 Å². The van der Waals surface area contributed by atoms with Crippen LogP contribution in [-0.2, 0) is 14.5 Å². The molecule has 14 heavy (non-hydrogen) atoms. The maximum Gasteiger partial charge on any atom is 0.407 e. The van der Waals surface area contributed by atoms with Crippen LogP contribution in [0.1, 0.15) is 26.2 Å². The van der Waals surface area contributed by atoms with E-state index in [-0.39, 0.29) is 0 Å². The molecule has 0 rings (SSSR count). The summed E-state index contributed by atoms with van der Waals surface area (Å²) in [6.45, 7) is 1.91. The summed E-state index contributed by atoms with van der Waals surface area (Å²) in [6.07, 6.45) is 1.06. The second-order valence-electron chi connectivity index (χ2n) is 2.73. The average molecular weight is 207 g/mol. The minimum Gasteiger partial charge on any atom is -0.453 e. The molecule has 0 aliphatic rings. The van der Waals surface area contributed by atoms with Crippen LogP contribution < -0.4 is 5.32 Å². The first-order valence-corrected chi connectivity index (χ1v) is 4.32. The molecule has 0 fully saturated rings. The Balaban J connectivity index is 4.09. The van der Waals surface area contributed by atoms with Crippen molar-refractivity contribution < 1.29 is 23.8 Å². The Hall–Kier alpha value is -1.33. The van der Waals surface area contributed by atoms with Crippen molar-refractivity contribution in [2.45, 2.75) is 32.2 Å². The standard InChI is InChI=1S/C8H14FNO4/c1-3-4-5-6(7(11)14-9)10-8(12)13-2/h6H,3-5H2,1-2H3,(H,10,12). The second-order valence-corrected chi connectivity index (χ2v) is 2.73. The number of amides is 1. The van der Waals surface area contributed by atoms with E-state index < -0.39 is 18.1 Å². The zero-order valence-corrected chi connectivity index (χ0v) is 8.21. The molecule has 0 spiro atoms. The number of halogens is 1. The fraction of sp³-hybridized carbons (Fsp3) is 0.750. The third-order valence-corrected chi connectivity index (χ3v) is 1.68. The largest absolute Gasteiger partial charge is 0.453 e. The lowest BCUT2D eigenvalue weighted by Gasteiger charge is -2.12. The van der Waals surface area contributed by atoms with Crippen molar-refractivity contribution >= 4 is 12.1 Å². The monoisotopic (exact) mass is 207 g/mol. The van der Waals surface area contributed by atoms with Crippen molar-refractivity contribution in [1.29, 1.82) is 0 Å². The first-order valence-electron chi connectivity index (χ1n) is 4.32. The van der Waals surface area contributed by atoms with Gasteiger partial charge in [0.15, 0.2) is 0 Å². The van der Waals surface area contributed by atoms with Gasteiger partial charge in [0.25, 0.3) is 0 Å². The Kier molecular flexibility index (Phi) is 6.43. The molecule has 5 nitrogen and oxygen atoms in total. The Morgan fingerprint density at radius 3 is 2.57 bits per heavy atom. The Morgan fingerprint density at radius 2 is 2.14 bits per heavy atom. The highest BCUT2D eigenvalue weighted by Gasteiger charge is 2.22. The lowest BCUT2D eigenvalue weighted by atomic mass is 10.1. The van der Waals surface area contributed by atoms with Crippen molar-refractivity contribution in [2.24, 2.45) is 0 Å². The van der Waals surface area contributed by atoms with Gasteiger partial charge in [0.2, 0.25) is 0 Å². The lowest BCUT2D eigenvalue weighted by molar-refractivity contribution is -0.186. The molecular formula is C8H14FNO4. The smallest absolute Gasteiger partial charge is 0.407 e. The first kappa shape index (κ1) is 12.7. The van der Waals surface area contributed by atoms with Gasteiger partial charge in [-0.15, -0.1) is 0 Å². The molecule has 0 aliphatic carbocycles. The molecule has 1 unspecified atom stereocenters. The fourth-order valence-electron chi connectivity index (χ4n) is 0.912. The molecule has 1 amide bonds. The molecule has 0 aromatic rings. The zero-order chi connectivity index (χ0) is 11.0. The summed E-state index contributed by atoms with van der Waals surface area (Å²) in [5, 5.41) is 2.18. The van der Waals surface area contributed by atoms with E-state index in [1.807, 2.05) is 6.92 Å². The van der Waals surface area contributed by atoms with Crippen LogP contribution in [0.3, 0.4) is 0 Å². The zero-order valence-electron chi connectivity index (χ0n) is 8.21. The van der Waals surface area contributed by atoms with Crippen LogP contribution in [0.4, 0.5) is 9.32 Å². The van der Waals surface area contributed by atoms with E-state index in [2.05, 4.69) is 15.0 Å². The quantitative estimate of drug-likeness (QED) is 0.738. The topological polar surface area (TPSA) is 64.6 Å². The van der Waals surface area contributed by atoms with E-state index in [1.54, 1.807) is 0 Å². The third-order valence-electron chi connectivity index (χ3n) is 1.68. The first-order chi connectivity index (χ1) is 6.65. The van der Waals surface area contributed by atoms with E-state index in [1.165, 1.54) is 0 Å². The number of hydrogen-bond donors (Lipinski definition) is 1. The van der Waals surface area contributed by atoms with Gasteiger partial charge in [-0.2, -0.15) is 0 Å². The molecule has 0 aromatic heterocycles. The SMILES string of the molecule is CCCCC(NC(=O)OC)C(=O)OF. The normalized spacial score (nSPS) is 11.6. The molecule has 0 aromatic carbocycles. The predicted molar refractivity (Wildman–Crippen MR) is 46.1 cm³/mol. The van der Waals surface area contributed by atoms with Crippen LogP contribution in [0.5, 0.6) is 0 Å². The number of carbonyl (C=O) groups is 2.